The van der Waals surface area contributed by atoms with Gasteiger partial charge in [-0.05, 0) is 37.3 Å². The number of rotatable bonds is 8. The van der Waals surface area contributed by atoms with Crippen LogP contribution in [0.1, 0.15) is 12.5 Å². The third kappa shape index (κ3) is 5.55. The van der Waals surface area contributed by atoms with E-state index in [2.05, 4.69) is 10.3 Å². The Morgan fingerprint density at radius 3 is 2.83 bits per heavy atom. The third-order valence-corrected chi connectivity index (χ3v) is 4.73. The first-order valence-electron chi connectivity index (χ1n) is 8.90. The molecule has 7 nitrogen and oxygen atoms in total. The van der Waals surface area contributed by atoms with Crippen LogP contribution in [0.15, 0.2) is 48.5 Å². The van der Waals surface area contributed by atoms with E-state index in [4.69, 9.17) is 14.2 Å². The number of thiazole rings is 1. The number of aromatic nitrogens is 1. The van der Waals surface area contributed by atoms with Gasteiger partial charge in [0.1, 0.15) is 11.5 Å². The first kappa shape index (κ1) is 20.3. The van der Waals surface area contributed by atoms with Gasteiger partial charge in [0.25, 0.3) is 5.91 Å². The van der Waals surface area contributed by atoms with E-state index >= 15 is 0 Å². The predicted molar refractivity (Wildman–Crippen MR) is 112 cm³/mol. The molecule has 1 aromatic heterocycles. The highest BCUT2D eigenvalue weighted by Crippen LogP contribution is 2.29. The number of nitrogens with one attached hydrogen (secondary N) is 1. The molecular weight excluding hydrogens is 392 g/mol. The van der Waals surface area contributed by atoms with Gasteiger partial charge in [-0.25, -0.2) is 9.78 Å². The molecule has 0 aliphatic heterocycles. The average Bonchev–Trinajstić information content (AvgIpc) is 3.12. The fourth-order valence-corrected chi connectivity index (χ4v) is 3.43. The first-order chi connectivity index (χ1) is 14.1. The Balaban J connectivity index is 1.53. The summed E-state index contributed by atoms with van der Waals surface area (Å²) >= 11 is 1.32. The second-order valence-corrected chi connectivity index (χ2v) is 6.84. The number of carbonyl (C=O) groups is 2. The molecule has 1 heterocycles. The highest BCUT2D eigenvalue weighted by molar-refractivity contribution is 7.22. The topological polar surface area (TPSA) is 86.8 Å². The molecule has 150 valence electrons. The number of ether oxygens (including phenoxy) is 3. The zero-order valence-corrected chi connectivity index (χ0v) is 16.8. The van der Waals surface area contributed by atoms with Crippen molar-refractivity contribution in [2.45, 2.75) is 6.92 Å². The van der Waals surface area contributed by atoms with Crippen molar-refractivity contribution in [3.05, 3.63) is 54.1 Å². The van der Waals surface area contributed by atoms with Crippen LogP contribution in [0.25, 0.3) is 16.3 Å². The van der Waals surface area contributed by atoms with Gasteiger partial charge < -0.3 is 14.2 Å². The van der Waals surface area contributed by atoms with Gasteiger partial charge >= 0.3 is 5.97 Å². The summed E-state index contributed by atoms with van der Waals surface area (Å²) < 4.78 is 16.5. The Labute approximate surface area is 171 Å². The van der Waals surface area contributed by atoms with Crippen LogP contribution in [0, 0.1) is 0 Å². The Kier molecular flexibility index (Phi) is 6.80. The summed E-state index contributed by atoms with van der Waals surface area (Å²) in [5, 5.41) is 3.07. The van der Waals surface area contributed by atoms with Crippen molar-refractivity contribution < 1.29 is 23.8 Å². The summed E-state index contributed by atoms with van der Waals surface area (Å²) in [5.74, 6) is 0.291. The molecule has 0 spiro atoms. The number of hydrogen-bond donors (Lipinski definition) is 1. The molecule has 2 aromatic carbocycles. The quantitative estimate of drug-likeness (QED) is 0.446. The summed E-state index contributed by atoms with van der Waals surface area (Å²) in [6, 6.07) is 12.8. The normalized spacial score (nSPS) is 10.8. The lowest BCUT2D eigenvalue weighted by Crippen LogP contribution is -2.19. The van der Waals surface area contributed by atoms with Crippen molar-refractivity contribution in [3.63, 3.8) is 0 Å². The fourth-order valence-electron chi connectivity index (χ4n) is 2.52. The van der Waals surface area contributed by atoms with Crippen molar-refractivity contribution in [1.29, 1.82) is 0 Å². The molecule has 8 heteroatoms. The molecule has 0 aliphatic carbocycles. The van der Waals surface area contributed by atoms with Gasteiger partial charge in [-0.3, -0.25) is 10.1 Å². The molecule has 29 heavy (non-hydrogen) atoms. The zero-order valence-electron chi connectivity index (χ0n) is 16.0. The summed E-state index contributed by atoms with van der Waals surface area (Å²) in [6.45, 7) is 2.08. The molecule has 0 saturated carbocycles. The summed E-state index contributed by atoms with van der Waals surface area (Å²) in [7, 11) is 1.55. The van der Waals surface area contributed by atoms with Gasteiger partial charge in [-0.15, -0.1) is 0 Å². The van der Waals surface area contributed by atoms with E-state index in [1.54, 1.807) is 25.3 Å². The molecule has 0 saturated heterocycles. The van der Waals surface area contributed by atoms with E-state index in [0.29, 0.717) is 17.5 Å². The number of methoxy groups -OCH3 is 1. The fraction of sp³-hybridized carbons (Fsp3) is 0.190. The van der Waals surface area contributed by atoms with Crippen LogP contribution in [0.3, 0.4) is 0 Å². The Morgan fingerprint density at radius 2 is 2.03 bits per heavy atom. The highest BCUT2D eigenvalue weighted by atomic mass is 32.1. The minimum absolute atomic E-state index is 0.408. The van der Waals surface area contributed by atoms with Gasteiger partial charge in [0.2, 0.25) is 0 Å². The number of fused-ring (bicyclic) bond motifs is 1. The van der Waals surface area contributed by atoms with Gasteiger partial charge in [0.15, 0.2) is 11.7 Å². The number of esters is 1. The second-order valence-electron chi connectivity index (χ2n) is 5.81. The largest absolute Gasteiger partial charge is 0.496 e. The first-order valence-corrected chi connectivity index (χ1v) is 9.71. The standard InChI is InChI=1S/C21H20N2O5S/c1-3-27-15-9-10-16-18(12-15)29-21(22-16)23-19(24)13-28-20(25)11-8-14-6-4-5-7-17(14)26-2/h4-12H,3,13H2,1-2H3,(H,22,23,24)/b11-8+. The van der Waals surface area contributed by atoms with Crippen molar-refractivity contribution in [1.82, 2.24) is 4.98 Å². The Morgan fingerprint density at radius 1 is 1.21 bits per heavy atom. The minimum atomic E-state index is -0.628. The number of para-hydroxylation sites is 1. The number of amides is 1. The molecule has 0 radical (unpaired) electrons. The Bertz CT molecular complexity index is 1040. The van der Waals surface area contributed by atoms with Gasteiger partial charge in [0.05, 0.1) is 23.9 Å². The van der Waals surface area contributed by atoms with E-state index in [1.165, 1.54) is 17.4 Å². The van der Waals surface area contributed by atoms with Gasteiger partial charge in [-0.1, -0.05) is 29.5 Å². The van der Waals surface area contributed by atoms with E-state index in [0.717, 1.165) is 21.5 Å². The third-order valence-electron chi connectivity index (χ3n) is 3.80. The average molecular weight is 412 g/mol. The predicted octanol–water partition coefficient (Wildman–Crippen LogP) is 3.90. The lowest BCUT2D eigenvalue weighted by molar-refractivity contribution is -0.142. The number of nitrogens with zero attached hydrogens (tertiary/aromatic N) is 1. The van der Waals surface area contributed by atoms with Crippen molar-refractivity contribution in [2.75, 3.05) is 25.6 Å². The number of hydrogen-bond acceptors (Lipinski definition) is 7. The van der Waals surface area contributed by atoms with Crippen LogP contribution in [-0.4, -0.2) is 37.2 Å². The van der Waals surface area contributed by atoms with E-state index in [9.17, 15) is 9.59 Å². The molecule has 0 fully saturated rings. The van der Waals surface area contributed by atoms with Crippen LogP contribution >= 0.6 is 11.3 Å². The number of benzene rings is 2. The van der Waals surface area contributed by atoms with Crippen LogP contribution < -0.4 is 14.8 Å². The van der Waals surface area contributed by atoms with Crippen LogP contribution in [0.2, 0.25) is 0 Å². The maximum absolute atomic E-state index is 12.0. The van der Waals surface area contributed by atoms with E-state index in [-0.39, 0.29) is 0 Å². The summed E-state index contributed by atoms with van der Waals surface area (Å²) in [5.41, 5.74) is 1.49. The second kappa shape index (κ2) is 9.70. The monoisotopic (exact) mass is 412 g/mol. The van der Waals surface area contributed by atoms with Gasteiger partial charge in [0, 0.05) is 11.6 Å². The highest BCUT2D eigenvalue weighted by Gasteiger charge is 2.10. The molecule has 0 unspecified atom stereocenters. The smallest absolute Gasteiger partial charge is 0.331 e. The zero-order chi connectivity index (χ0) is 20.6. The minimum Gasteiger partial charge on any atom is -0.496 e. The van der Waals surface area contributed by atoms with Crippen molar-refractivity contribution in [2.24, 2.45) is 0 Å². The van der Waals surface area contributed by atoms with Crippen molar-refractivity contribution >= 4 is 44.6 Å². The van der Waals surface area contributed by atoms with Crippen molar-refractivity contribution in [3.8, 4) is 11.5 Å². The Hall–Kier alpha value is -3.39. The SMILES string of the molecule is CCOc1ccc2nc(NC(=O)COC(=O)/C=C/c3ccccc3OC)sc2c1. The molecule has 0 bridgehead atoms. The lowest BCUT2D eigenvalue weighted by atomic mass is 10.2. The maximum atomic E-state index is 12.0. The van der Waals surface area contributed by atoms with Gasteiger partial charge in [-0.2, -0.15) is 0 Å². The molecule has 3 rings (SSSR count). The van der Waals surface area contributed by atoms with E-state index < -0.39 is 18.5 Å². The maximum Gasteiger partial charge on any atom is 0.331 e. The lowest BCUT2D eigenvalue weighted by Gasteiger charge is -2.04. The summed E-state index contributed by atoms with van der Waals surface area (Å²) in [4.78, 5) is 28.2. The molecule has 1 N–H and O–H groups in total. The van der Waals surface area contributed by atoms with Crippen LogP contribution in [0.5, 0.6) is 11.5 Å². The molecular formula is C21H20N2O5S. The summed E-state index contributed by atoms with van der Waals surface area (Å²) in [6.07, 6.45) is 2.82. The molecule has 3 aromatic rings. The number of carbonyl (C=O) groups excluding carboxylic acids is 2. The number of anilines is 1. The molecule has 1 amide bonds. The van der Waals surface area contributed by atoms with Crippen LogP contribution in [0.4, 0.5) is 5.13 Å². The van der Waals surface area contributed by atoms with E-state index in [1.807, 2.05) is 37.3 Å². The molecule has 0 aliphatic rings. The molecule has 0 atom stereocenters. The van der Waals surface area contributed by atoms with Crippen LogP contribution in [-0.2, 0) is 14.3 Å².